The van der Waals surface area contributed by atoms with Crippen LogP contribution in [0.3, 0.4) is 0 Å². The second-order valence-electron chi connectivity index (χ2n) is 16.8. The van der Waals surface area contributed by atoms with Crippen LogP contribution in [0, 0.1) is 17.8 Å². The van der Waals surface area contributed by atoms with E-state index in [1.807, 2.05) is 58.6 Å². The van der Waals surface area contributed by atoms with Crippen molar-refractivity contribution >= 4 is 5.97 Å². The Morgan fingerprint density at radius 1 is 1.02 bits per heavy atom. The Kier molecular flexibility index (Phi) is 15.7. The van der Waals surface area contributed by atoms with Crippen LogP contribution in [-0.2, 0) is 33.2 Å². The Labute approximate surface area is 305 Å². The average Bonchev–Trinajstić information content (AvgIpc) is 3.03. The molecule has 0 radical (unpaired) electrons. The van der Waals surface area contributed by atoms with Gasteiger partial charge in [-0.1, -0.05) is 20.8 Å². The van der Waals surface area contributed by atoms with E-state index in [1.165, 1.54) is 14.0 Å². The van der Waals surface area contributed by atoms with E-state index in [-0.39, 0.29) is 50.5 Å². The number of rotatable bonds is 8. The number of esters is 1. The van der Waals surface area contributed by atoms with Crippen molar-refractivity contribution in [2.75, 3.05) is 48.0 Å². The van der Waals surface area contributed by atoms with Crippen molar-refractivity contribution in [1.29, 1.82) is 0 Å². The van der Waals surface area contributed by atoms with Crippen LogP contribution in [0.5, 0.6) is 0 Å². The molecule has 16 atom stereocenters. The Hall–Kier alpha value is -1.01. The van der Waals surface area contributed by atoms with Crippen molar-refractivity contribution < 1.29 is 58.7 Å². The zero-order valence-electron chi connectivity index (χ0n) is 33.2. The molecule has 3 rings (SSSR count). The maximum absolute atomic E-state index is 14.5. The smallest absolute Gasteiger partial charge is 0.314 e. The number of carbonyl (C=O) groups is 1. The summed E-state index contributed by atoms with van der Waals surface area (Å²) < 4.78 is 36.7. The molecule has 3 aliphatic heterocycles. The summed E-state index contributed by atoms with van der Waals surface area (Å²) in [4.78, 5) is 18.4. The van der Waals surface area contributed by atoms with Gasteiger partial charge in [-0.15, -0.1) is 0 Å². The Bertz CT molecular complexity index is 1100. The van der Waals surface area contributed by atoms with Gasteiger partial charge >= 0.3 is 5.97 Å². The molecule has 5 N–H and O–H groups in total. The van der Waals surface area contributed by atoms with Gasteiger partial charge in [0.1, 0.15) is 35.9 Å². The molecule has 300 valence electrons. The fourth-order valence-electron chi connectivity index (χ4n) is 8.31. The first-order chi connectivity index (χ1) is 23.6. The number of aliphatic hydroxyl groups is 5. The summed E-state index contributed by atoms with van der Waals surface area (Å²) >= 11 is 0. The van der Waals surface area contributed by atoms with E-state index in [0.29, 0.717) is 19.4 Å². The van der Waals surface area contributed by atoms with Gasteiger partial charge in [0.2, 0.25) is 0 Å². The van der Waals surface area contributed by atoms with Gasteiger partial charge in [-0.05, 0) is 93.3 Å². The van der Waals surface area contributed by atoms with Gasteiger partial charge in [-0.3, -0.25) is 4.79 Å². The molecule has 0 unspecified atom stereocenters. The molecule has 3 fully saturated rings. The molecule has 0 aromatic carbocycles. The van der Waals surface area contributed by atoms with Crippen LogP contribution in [-0.4, -0.2) is 167 Å². The molecule has 0 aliphatic carbocycles. The van der Waals surface area contributed by atoms with Crippen molar-refractivity contribution in [2.24, 2.45) is 17.8 Å². The van der Waals surface area contributed by atoms with Crippen molar-refractivity contribution in [3.63, 3.8) is 0 Å². The van der Waals surface area contributed by atoms with Crippen LogP contribution in [0.2, 0.25) is 0 Å². The maximum Gasteiger partial charge on any atom is 0.314 e. The monoisotopic (exact) mass is 734 g/mol. The van der Waals surface area contributed by atoms with Crippen molar-refractivity contribution in [3.8, 4) is 0 Å². The van der Waals surface area contributed by atoms with Gasteiger partial charge in [0.25, 0.3) is 0 Å². The fourth-order valence-corrected chi connectivity index (χ4v) is 8.31. The molecular formula is C37H70N2O12. The summed E-state index contributed by atoms with van der Waals surface area (Å²) in [5.41, 5.74) is -4.00. The minimum atomic E-state index is -1.83. The summed E-state index contributed by atoms with van der Waals surface area (Å²) in [5.74, 6) is -2.38. The van der Waals surface area contributed by atoms with E-state index in [9.17, 15) is 30.3 Å². The number of nitrogens with zero attached hydrogens (tertiary/aromatic N) is 2. The maximum atomic E-state index is 14.5. The third kappa shape index (κ3) is 11.0. The zero-order valence-corrected chi connectivity index (χ0v) is 33.2. The molecule has 0 bridgehead atoms. The van der Waals surface area contributed by atoms with Crippen LogP contribution in [0.25, 0.3) is 0 Å². The van der Waals surface area contributed by atoms with Crippen LogP contribution in [0.15, 0.2) is 0 Å². The molecule has 0 saturated carbocycles. The predicted octanol–water partition coefficient (Wildman–Crippen LogP) is 1.51. The Morgan fingerprint density at radius 3 is 2.25 bits per heavy atom. The molecule has 14 heteroatoms. The van der Waals surface area contributed by atoms with Gasteiger partial charge in [-0.2, -0.15) is 0 Å². The number of carbonyl (C=O) groups excluding carboxylic acids is 1. The van der Waals surface area contributed by atoms with Crippen LogP contribution in [0.1, 0.15) is 87.5 Å². The van der Waals surface area contributed by atoms with E-state index in [4.69, 9.17) is 28.4 Å². The van der Waals surface area contributed by atoms with Crippen LogP contribution in [0.4, 0.5) is 0 Å². The number of hydrogen-bond donors (Lipinski definition) is 5. The van der Waals surface area contributed by atoms with Crippen molar-refractivity contribution in [3.05, 3.63) is 0 Å². The molecule has 14 nitrogen and oxygen atoms in total. The number of methoxy groups -OCH3 is 1. The fraction of sp³-hybridized carbons (Fsp3) is 0.973. The van der Waals surface area contributed by atoms with Gasteiger partial charge < -0.3 is 63.8 Å². The van der Waals surface area contributed by atoms with Crippen LogP contribution < -0.4 is 0 Å². The highest BCUT2D eigenvalue weighted by Crippen LogP contribution is 2.37. The third-order valence-corrected chi connectivity index (χ3v) is 11.7. The number of likely N-dealkylation sites (N-methyl/N-ethyl adjacent to an activating group) is 2. The number of cyclic esters (lactones) is 1. The first-order valence-electron chi connectivity index (χ1n) is 18.7. The number of ether oxygens (including phenoxy) is 6. The topological polar surface area (TPSA) is 180 Å². The second-order valence-corrected chi connectivity index (χ2v) is 16.8. The van der Waals surface area contributed by atoms with E-state index in [2.05, 4.69) is 0 Å². The normalized spacial score (nSPS) is 47.4. The van der Waals surface area contributed by atoms with E-state index in [0.717, 1.165) is 0 Å². The molecule has 0 aromatic heterocycles. The van der Waals surface area contributed by atoms with Gasteiger partial charge in [0.05, 0.1) is 36.6 Å². The quantitative estimate of drug-likeness (QED) is 0.227. The molecule has 3 saturated heterocycles. The second kappa shape index (κ2) is 18.1. The number of aliphatic hydroxyl groups excluding tert-OH is 3. The lowest BCUT2D eigenvalue weighted by atomic mass is 9.80. The predicted molar refractivity (Wildman–Crippen MR) is 190 cm³/mol. The first kappa shape index (κ1) is 44.4. The Morgan fingerprint density at radius 2 is 1.67 bits per heavy atom. The summed E-state index contributed by atoms with van der Waals surface area (Å²) in [7, 11) is 7.11. The van der Waals surface area contributed by atoms with Crippen molar-refractivity contribution in [1.82, 2.24) is 9.80 Å². The summed E-state index contributed by atoms with van der Waals surface area (Å²) in [6, 6.07) is -0.762. The molecule has 3 heterocycles. The highest BCUT2D eigenvalue weighted by molar-refractivity contribution is 5.73. The average molecular weight is 735 g/mol. The Balaban J connectivity index is 2.10. The first-order valence-corrected chi connectivity index (χ1v) is 18.7. The third-order valence-electron chi connectivity index (χ3n) is 11.7. The molecule has 0 spiro atoms. The lowest BCUT2D eigenvalue weighted by molar-refractivity contribution is -0.284. The van der Waals surface area contributed by atoms with Crippen molar-refractivity contribution in [2.45, 2.75) is 166 Å². The van der Waals surface area contributed by atoms with Gasteiger partial charge in [0.15, 0.2) is 12.6 Å². The minimum Gasteiger partial charge on any atom is -0.459 e. The molecule has 0 aromatic rings. The van der Waals surface area contributed by atoms with E-state index in [1.54, 1.807) is 20.8 Å². The summed E-state index contributed by atoms with van der Waals surface area (Å²) in [6.07, 6.45) is -5.89. The highest BCUT2D eigenvalue weighted by Gasteiger charge is 2.49. The molecule has 0 amide bonds. The SMILES string of the molecule is CC[C@H]1OC(=O)[C@@H](CO[C@H]2O[C@H](C)C[C@H](N(C)C)[C@H]2O)[C@@H](O[C@H]2C[C@@](C)(OC)[C@@H](O)CO2)[C@@H](C)C[C@](C)(O)C[C@@H](C)CN(C)[C@H](C)[C@@H](O)[C@]1(C)O. The lowest BCUT2D eigenvalue weighted by Gasteiger charge is -2.44. The van der Waals surface area contributed by atoms with E-state index >= 15 is 0 Å². The summed E-state index contributed by atoms with van der Waals surface area (Å²) in [6.45, 7) is 14.6. The van der Waals surface area contributed by atoms with Gasteiger partial charge in [0, 0.05) is 32.2 Å². The zero-order chi connectivity index (χ0) is 38.6. The minimum absolute atomic E-state index is 0.00225. The lowest BCUT2D eigenvalue weighted by Crippen LogP contribution is -2.59. The molecular weight excluding hydrogens is 664 g/mol. The van der Waals surface area contributed by atoms with E-state index < -0.39 is 83.7 Å². The van der Waals surface area contributed by atoms with Crippen LogP contribution >= 0.6 is 0 Å². The highest BCUT2D eigenvalue weighted by atomic mass is 16.7. The summed E-state index contributed by atoms with van der Waals surface area (Å²) in [5, 5.41) is 57.0. The molecule has 51 heavy (non-hydrogen) atoms. The standard InChI is InChI=1S/C37H70N2O12/c1-13-28-37(8,45)32(42)24(5)39(11)18-21(2)15-35(6,44)16-22(3)31(51-29-17-36(7,46-12)27(40)20-47-29)25(33(43)50-28)19-48-34-30(41)26(38(9)10)14-23(4)49-34/h21-32,34,40-42,44-45H,13-20H2,1-12H3/t21-,22+,23-,24-,25+,26+,27+,28-,29+,30-,31+,32-,34+,35-,36-,37-/m1/s1. The number of hydrogen-bond acceptors (Lipinski definition) is 14. The largest absolute Gasteiger partial charge is 0.459 e. The van der Waals surface area contributed by atoms with Gasteiger partial charge in [-0.25, -0.2) is 0 Å². The molecule has 3 aliphatic rings.